The lowest BCUT2D eigenvalue weighted by atomic mass is 9.65. The summed E-state index contributed by atoms with van der Waals surface area (Å²) in [6.45, 7) is 15.5. The van der Waals surface area contributed by atoms with Crippen molar-refractivity contribution in [3.63, 3.8) is 0 Å². The number of ether oxygens (including phenoxy) is 1. The largest absolute Gasteiger partial charge is 0.480 e. The number of fused-ring (bicyclic) bond motifs is 3. The summed E-state index contributed by atoms with van der Waals surface area (Å²) in [5, 5.41) is 0.762. The maximum Gasteiger partial charge on any atom is 0.339 e. The van der Waals surface area contributed by atoms with Crippen molar-refractivity contribution in [3.05, 3.63) is 39.2 Å². The Morgan fingerprint density at radius 1 is 1.06 bits per heavy atom. The van der Waals surface area contributed by atoms with Crippen LogP contribution in [0.5, 0.6) is 5.75 Å². The van der Waals surface area contributed by atoms with Crippen molar-refractivity contribution < 1.29 is 13.9 Å². The van der Waals surface area contributed by atoms with Crippen LogP contribution in [0.2, 0.25) is 0 Å². The van der Waals surface area contributed by atoms with Gasteiger partial charge in [0.1, 0.15) is 11.3 Å². The molecule has 2 fully saturated rings. The van der Waals surface area contributed by atoms with E-state index in [2.05, 4.69) is 25.8 Å². The van der Waals surface area contributed by atoms with Crippen LogP contribution in [0.1, 0.15) is 43.9 Å². The highest BCUT2D eigenvalue weighted by Gasteiger charge is 2.49. The average molecular weight is 427 g/mol. The van der Waals surface area contributed by atoms with Crippen LogP contribution in [0.25, 0.3) is 11.0 Å². The first kappa shape index (κ1) is 21.9. The van der Waals surface area contributed by atoms with E-state index in [9.17, 15) is 9.59 Å². The summed E-state index contributed by atoms with van der Waals surface area (Å²) in [6, 6.07) is 3.76. The number of carbonyl (C=O) groups is 1. The molecule has 2 aliphatic rings. The van der Waals surface area contributed by atoms with Crippen LogP contribution in [-0.4, -0.2) is 55.0 Å². The van der Waals surface area contributed by atoms with Crippen molar-refractivity contribution in [1.82, 2.24) is 9.80 Å². The summed E-state index contributed by atoms with van der Waals surface area (Å²) in [5.74, 6) is 0.609. The van der Waals surface area contributed by atoms with E-state index in [1.807, 2.05) is 37.8 Å². The van der Waals surface area contributed by atoms with Gasteiger partial charge in [0, 0.05) is 31.7 Å². The Morgan fingerprint density at radius 2 is 1.68 bits per heavy atom. The van der Waals surface area contributed by atoms with Crippen molar-refractivity contribution in [2.45, 2.75) is 54.1 Å². The first-order valence-electron chi connectivity index (χ1n) is 11.1. The molecule has 3 heterocycles. The number of carbonyl (C=O) groups excluding carboxylic acids is 1. The van der Waals surface area contributed by atoms with Crippen LogP contribution >= 0.6 is 0 Å². The lowest BCUT2D eigenvalue weighted by Crippen LogP contribution is -2.63. The van der Waals surface area contributed by atoms with Crippen LogP contribution in [-0.2, 0) is 4.79 Å². The minimum absolute atomic E-state index is 0.0168. The number of rotatable bonds is 3. The van der Waals surface area contributed by atoms with Gasteiger partial charge < -0.3 is 19.0 Å². The molecule has 3 unspecified atom stereocenters. The molecule has 0 N–H and O–H groups in total. The number of amides is 1. The zero-order valence-electron chi connectivity index (χ0n) is 19.8. The van der Waals surface area contributed by atoms with E-state index in [1.54, 1.807) is 6.92 Å². The van der Waals surface area contributed by atoms with Gasteiger partial charge in [-0.15, -0.1) is 0 Å². The van der Waals surface area contributed by atoms with Gasteiger partial charge in [0.05, 0.1) is 5.39 Å². The molecule has 3 atom stereocenters. The molecule has 31 heavy (non-hydrogen) atoms. The standard InChI is InChI=1S/C25H34N2O4/c1-15-8-19(21-16(2)17(3)23(29)31-20(21)9-15)30-18(4)22(28)27-13-24(5)10-25(6,14-27)12-26(7)11-24/h8-9,18H,10-14H2,1-7H3. The fraction of sp³-hybridized carbons (Fsp3) is 0.600. The molecular formula is C25H34N2O4. The molecule has 1 aromatic heterocycles. The number of nitrogens with zero attached hydrogens (tertiary/aromatic N) is 2. The fourth-order valence-corrected chi connectivity index (χ4v) is 6.13. The van der Waals surface area contributed by atoms with Gasteiger partial charge in [0.2, 0.25) is 0 Å². The summed E-state index contributed by atoms with van der Waals surface area (Å²) < 4.78 is 11.7. The van der Waals surface area contributed by atoms with Gasteiger partial charge in [-0.1, -0.05) is 13.8 Å². The minimum atomic E-state index is -0.625. The maximum atomic E-state index is 13.4. The molecule has 2 saturated heterocycles. The molecule has 0 radical (unpaired) electrons. The monoisotopic (exact) mass is 426 g/mol. The Hall–Kier alpha value is -2.34. The number of hydrogen-bond acceptors (Lipinski definition) is 5. The second kappa shape index (κ2) is 7.37. The number of likely N-dealkylation sites (tertiary alicyclic amines) is 2. The SMILES string of the molecule is Cc1cc(OC(C)C(=O)N2CC3(C)CN(C)CC(C)(C2)C3)c2c(C)c(C)c(=O)oc2c1. The van der Waals surface area contributed by atoms with E-state index in [0.717, 1.165) is 49.1 Å². The van der Waals surface area contributed by atoms with Crippen LogP contribution in [0, 0.1) is 31.6 Å². The summed E-state index contributed by atoms with van der Waals surface area (Å²) in [6.07, 6.45) is 0.518. The van der Waals surface area contributed by atoms with Crippen LogP contribution in [0.3, 0.4) is 0 Å². The van der Waals surface area contributed by atoms with E-state index in [4.69, 9.17) is 9.15 Å². The molecule has 1 aromatic carbocycles. The van der Waals surface area contributed by atoms with Crippen LogP contribution in [0.15, 0.2) is 21.3 Å². The Labute approximate surface area is 184 Å². The van der Waals surface area contributed by atoms with E-state index >= 15 is 0 Å². The molecule has 2 aromatic rings. The predicted molar refractivity (Wildman–Crippen MR) is 122 cm³/mol. The second-order valence-electron chi connectivity index (χ2n) is 10.7. The molecule has 168 valence electrons. The lowest BCUT2D eigenvalue weighted by molar-refractivity contribution is -0.150. The Bertz CT molecular complexity index is 1090. The van der Waals surface area contributed by atoms with E-state index in [1.165, 1.54) is 0 Å². The van der Waals surface area contributed by atoms with Gasteiger partial charge >= 0.3 is 5.63 Å². The fourth-order valence-electron chi connectivity index (χ4n) is 6.13. The number of hydrogen-bond donors (Lipinski definition) is 0. The average Bonchev–Trinajstić information content (AvgIpc) is 2.62. The maximum absolute atomic E-state index is 13.4. The third-order valence-corrected chi connectivity index (χ3v) is 6.92. The summed E-state index contributed by atoms with van der Waals surface area (Å²) in [4.78, 5) is 30.0. The Morgan fingerprint density at radius 3 is 2.29 bits per heavy atom. The zero-order valence-corrected chi connectivity index (χ0v) is 19.8. The molecular weight excluding hydrogens is 392 g/mol. The number of benzene rings is 1. The van der Waals surface area contributed by atoms with Crippen molar-refractivity contribution in [3.8, 4) is 5.75 Å². The van der Waals surface area contributed by atoms with Gasteiger partial charge in [-0.3, -0.25) is 4.79 Å². The third-order valence-electron chi connectivity index (χ3n) is 6.92. The van der Waals surface area contributed by atoms with Gasteiger partial charge in [-0.05, 0) is 75.3 Å². The smallest absolute Gasteiger partial charge is 0.339 e. The van der Waals surface area contributed by atoms with Gasteiger partial charge in [-0.2, -0.15) is 0 Å². The van der Waals surface area contributed by atoms with Crippen molar-refractivity contribution in [1.29, 1.82) is 0 Å². The van der Waals surface area contributed by atoms with Crippen molar-refractivity contribution in [2.24, 2.45) is 10.8 Å². The molecule has 1 amide bonds. The molecule has 2 aliphatic heterocycles. The number of aryl methyl sites for hydroxylation is 2. The van der Waals surface area contributed by atoms with E-state index in [0.29, 0.717) is 16.9 Å². The van der Waals surface area contributed by atoms with E-state index < -0.39 is 6.10 Å². The Kier molecular flexibility index (Phi) is 5.20. The summed E-state index contributed by atoms with van der Waals surface area (Å²) in [7, 11) is 2.17. The minimum Gasteiger partial charge on any atom is -0.480 e. The highest BCUT2D eigenvalue weighted by Crippen LogP contribution is 2.45. The van der Waals surface area contributed by atoms with E-state index in [-0.39, 0.29) is 22.4 Å². The molecule has 0 aliphatic carbocycles. The van der Waals surface area contributed by atoms with Gasteiger partial charge in [0.25, 0.3) is 5.91 Å². The third kappa shape index (κ3) is 3.98. The van der Waals surface area contributed by atoms with Gasteiger partial charge in [-0.25, -0.2) is 4.79 Å². The number of piperidine rings is 2. The second-order valence-corrected chi connectivity index (χ2v) is 10.7. The highest BCUT2D eigenvalue weighted by atomic mass is 16.5. The molecule has 6 nitrogen and oxygen atoms in total. The normalized spacial score (nSPS) is 27.4. The van der Waals surface area contributed by atoms with Crippen molar-refractivity contribution >= 4 is 16.9 Å². The molecule has 0 saturated carbocycles. The van der Waals surface area contributed by atoms with Crippen molar-refractivity contribution in [2.75, 3.05) is 33.2 Å². The summed E-state index contributed by atoms with van der Waals surface area (Å²) in [5.41, 5.74) is 2.68. The zero-order chi connectivity index (χ0) is 22.7. The highest BCUT2D eigenvalue weighted by molar-refractivity contribution is 5.89. The molecule has 2 bridgehead atoms. The molecule has 6 heteroatoms. The van der Waals surface area contributed by atoms with Gasteiger partial charge in [0.15, 0.2) is 6.10 Å². The quantitative estimate of drug-likeness (QED) is 0.701. The predicted octanol–water partition coefficient (Wildman–Crippen LogP) is 3.68. The van der Waals surface area contributed by atoms with Crippen LogP contribution in [0.4, 0.5) is 0 Å². The first-order chi connectivity index (χ1) is 14.4. The van der Waals surface area contributed by atoms with Crippen LogP contribution < -0.4 is 10.4 Å². The first-order valence-corrected chi connectivity index (χ1v) is 11.1. The summed E-state index contributed by atoms with van der Waals surface area (Å²) >= 11 is 0. The topological polar surface area (TPSA) is 63.0 Å². The molecule has 4 rings (SSSR count). The molecule has 0 spiro atoms. The Balaban J connectivity index is 1.62. The lowest BCUT2D eigenvalue weighted by Gasteiger charge is -2.56.